The van der Waals surface area contributed by atoms with E-state index in [1.54, 1.807) is 18.6 Å². The Kier molecular flexibility index (Phi) is 5.81. The Bertz CT molecular complexity index is 665. The minimum absolute atomic E-state index is 0.0628. The summed E-state index contributed by atoms with van der Waals surface area (Å²) in [5, 5.41) is 8.81. The summed E-state index contributed by atoms with van der Waals surface area (Å²) < 4.78 is 44.3. The van der Waals surface area contributed by atoms with Crippen LogP contribution < -0.4 is 4.72 Å². The van der Waals surface area contributed by atoms with Crippen molar-refractivity contribution in [3.8, 4) is 6.07 Å². The van der Waals surface area contributed by atoms with Crippen LogP contribution in [-0.2, 0) is 19.6 Å². The van der Waals surface area contributed by atoms with Gasteiger partial charge in [-0.25, -0.2) is 17.5 Å². The Balaban J connectivity index is 2.86. The number of sulfonamides is 1. The van der Waals surface area contributed by atoms with E-state index >= 15 is 0 Å². The van der Waals surface area contributed by atoms with E-state index in [4.69, 9.17) is 10.00 Å². The average molecular weight is 314 g/mol. The van der Waals surface area contributed by atoms with Crippen LogP contribution >= 0.6 is 0 Å². The number of halogens is 1. The Morgan fingerprint density at radius 2 is 2.14 bits per heavy atom. The highest BCUT2D eigenvalue weighted by atomic mass is 32.2. The van der Waals surface area contributed by atoms with Crippen molar-refractivity contribution in [3.63, 3.8) is 0 Å². The van der Waals surface area contributed by atoms with E-state index in [1.807, 2.05) is 0 Å². The van der Waals surface area contributed by atoms with Gasteiger partial charge in [-0.2, -0.15) is 5.26 Å². The van der Waals surface area contributed by atoms with Crippen molar-refractivity contribution in [2.45, 2.75) is 31.3 Å². The maximum Gasteiger partial charge on any atom is 0.265 e. The summed E-state index contributed by atoms with van der Waals surface area (Å²) in [7, 11) is -4.29. The number of carbonyl (C=O) groups is 1. The molecule has 0 heterocycles. The molecule has 0 aliphatic carbocycles. The number of hydrogen-bond acceptors (Lipinski definition) is 5. The summed E-state index contributed by atoms with van der Waals surface area (Å²) in [6, 6.07) is 4.65. The summed E-state index contributed by atoms with van der Waals surface area (Å²) in [6.07, 6.45) is -0.239. The lowest BCUT2D eigenvalue weighted by molar-refractivity contribution is -0.120. The first-order valence-electron chi connectivity index (χ1n) is 6.13. The number of amides is 1. The predicted octanol–water partition coefficient (Wildman–Crippen LogP) is 1.32. The maximum absolute atomic E-state index is 13.4. The Labute approximate surface area is 122 Å². The molecule has 1 aromatic rings. The van der Waals surface area contributed by atoms with E-state index < -0.39 is 32.2 Å². The zero-order chi connectivity index (χ0) is 16.0. The molecule has 0 bridgehead atoms. The quantitative estimate of drug-likeness (QED) is 0.854. The second-order valence-corrected chi connectivity index (χ2v) is 6.07. The van der Waals surface area contributed by atoms with Crippen LogP contribution in [0.2, 0.25) is 0 Å². The van der Waals surface area contributed by atoms with E-state index in [1.165, 1.54) is 6.07 Å². The Morgan fingerprint density at radius 3 is 2.71 bits per heavy atom. The average Bonchev–Trinajstić information content (AvgIpc) is 2.37. The number of carbonyl (C=O) groups excluding carboxylic acids is 1. The molecule has 0 aliphatic rings. The molecule has 0 saturated heterocycles. The largest absolute Gasteiger partial charge is 0.378 e. The molecule has 0 fully saturated rings. The molecule has 0 aliphatic heterocycles. The second-order valence-electron chi connectivity index (χ2n) is 4.42. The Hall–Kier alpha value is -1.98. The number of nitrogens with one attached hydrogen (secondary N) is 1. The normalized spacial score (nSPS) is 11.2. The predicted molar refractivity (Wildman–Crippen MR) is 72.1 cm³/mol. The molecular formula is C13H15FN2O4S. The van der Waals surface area contributed by atoms with Crippen LogP contribution in [0.15, 0.2) is 23.1 Å². The minimum Gasteiger partial charge on any atom is -0.378 e. The molecule has 8 heteroatoms. The van der Waals surface area contributed by atoms with Gasteiger partial charge in [-0.1, -0.05) is 6.07 Å². The van der Waals surface area contributed by atoms with Crippen LogP contribution in [0.25, 0.3) is 0 Å². The summed E-state index contributed by atoms with van der Waals surface area (Å²) >= 11 is 0. The van der Waals surface area contributed by atoms with Crippen molar-refractivity contribution in [3.05, 3.63) is 29.6 Å². The van der Waals surface area contributed by atoms with Gasteiger partial charge in [0.1, 0.15) is 22.3 Å². The SMILES string of the molecule is CC(C)OCCC(=O)NS(=O)(=O)c1cccc(F)c1C#N. The van der Waals surface area contributed by atoms with Crippen molar-refractivity contribution in [1.82, 2.24) is 4.72 Å². The van der Waals surface area contributed by atoms with Gasteiger partial charge in [-0.3, -0.25) is 4.79 Å². The van der Waals surface area contributed by atoms with E-state index in [0.29, 0.717) is 0 Å². The molecule has 0 saturated carbocycles. The highest BCUT2D eigenvalue weighted by Gasteiger charge is 2.23. The van der Waals surface area contributed by atoms with Crippen molar-refractivity contribution >= 4 is 15.9 Å². The van der Waals surface area contributed by atoms with Crippen molar-refractivity contribution in [1.29, 1.82) is 5.26 Å². The van der Waals surface area contributed by atoms with Crippen molar-refractivity contribution in [2.24, 2.45) is 0 Å². The molecule has 0 radical (unpaired) electrons. The standard InChI is InChI=1S/C13H15FN2O4S/c1-9(2)20-7-6-13(17)16-21(18,19)12-5-3-4-11(14)10(12)8-15/h3-5,9H,6-7H2,1-2H3,(H,16,17). The molecule has 0 unspecified atom stereocenters. The number of rotatable bonds is 6. The molecule has 0 atom stereocenters. The highest BCUT2D eigenvalue weighted by Crippen LogP contribution is 2.17. The summed E-state index contributed by atoms with van der Waals surface area (Å²) in [4.78, 5) is 11.0. The second kappa shape index (κ2) is 7.15. The molecular weight excluding hydrogens is 299 g/mol. The number of ether oxygens (including phenoxy) is 1. The van der Waals surface area contributed by atoms with Crippen LogP contribution in [-0.4, -0.2) is 27.0 Å². The zero-order valence-electron chi connectivity index (χ0n) is 11.6. The van der Waals surface area contributed by atoms with Gasteiger partial charge >= 0.3 is 0 Å². The molecule has 21 heavy (non-hydrogen) atoms. The number of benzene rings is 1. The molecule has 1 aromatic carbocycles. The van der Waals surface area contributed by atoms with Gasteiger partial charge < -0.3 is 4.74 Å². The smallest absolute Gasteiger partial charge is 0.265 e. The summed E-state index contributed by atoms with van der Waals surface area (Å²) in [5.41, 5.74) is -0.628. The topological polar surface area (TPSA) is 96.3 Å². The lowest BCUT2D eigenvalue weighted by atomic mass is 10.2. The third kappa shape index (κ3) is 4.81. The highest BCUT2D eigenvalue weighted by molar-refractivity contribution is 7.90. The van der Waals surface area contributed by atoms with E-state index in [9.17, 15) is 17.6 Å². The molecule has 114 valence electrons. The first kappa shape index (κ1) is 17.1. The summed E-state index contributed by atoms with van der Waals surface area (Å²) in [6.45, 7) is 3.62. The maximum atomic E-state index is 13.4. The van der Waals surface area contributed by atoms with E-state index in [2.05, 4.69) is 0 Å². The van der Waals surface area contributed by atoms with Crippen LogP contribution in [0.1, 0.15) is 25.8 Å². The zero-order valence-corrected chi connectivity index (χ0v) is 12.4. The molecule has 1 N–H and O–H groups in total. The number of nitrogens with zero attached hydrogens (tertiary/aromatic N) is 1. The molecule has 1 rings (SSSR count). The first-order valence-corrected chi connectivity index (χ1v) is 7.62. The van der Waals surface area contributed by atoms with Crippen molar-refractivity contribution in [2.75, 3.05) is 6.61 Å². The first-order chi connectivity index (χ1) is 9.77. The van der Waals surface area contributed by atoms with E-state index in [-0.39, 0.29) is 19.1 Å². The lowest BCUT2D eigenvalue weighted by Gasteiger charge is -2.10. The van der Waals surface area contributed by atoms with Gasteiger partial charge in [-0.15, -0.1) is 0 Å². The molecule has 0 aromatic heterocycles. The van der Waals surface area contributed by atoms with Crippen LogP contribution in [0.3, 0.4) is 0 Å². The van der Waals surface area contributed by atoms with Gasteiger partial charge in [0.25, 0.3) is 10.0 Å². The molecule has 0 spiro atoms. The molecule has 6 nitrogen and oxygen atoms in total. The fraction of sp³-hybridized carbons (Fsp3) is 0.385. The van der Waals surface area contributed by atoms with Crippen LogP contribution in [0.5, 0.6) is 0 Å². The fourth-order valence-electron chi connectivity index (χ4n) is 1.48. The van der Waals surface area contributed by atoms with Gasteiger partial charge in [0.05, 0.1) is 19.1 Å². The van der Waals surface area contributed by atoms with Gasteiger partial charge in [-0.05, 0) is 26.0 Å². The number of hydrogen-bond donors (Lipinski definition) is 1. The minimum atomic E-state index is -4.29. The van der Waals surface area contributed by atoms with Gasteiger partial charge in [0, 0.05) is 0 Å². The third-order valence-electron chi connectivity index (χ3n) is 2.41. The van der Waals surface area contributed by atoms with Crippen LogP contribution in [0.4, 0.5) is 4.39 Å². The van der Waals surface area contributed by atoms with Gasteiger partial charge in [0.2, 0.25) is 5.91 Å². The third-order valence-corrected chi connectivity index (χ3v) is 3.82. The fourth-order valence-corrected chi connectivity index (χ4v) is 2.66. The van der Waals surface area contributed by atoms with Crippen LogP contribution in [0, 0.1) is 17.1 Å². The molecule has 1 amide bonds. The van der Waals surface area contributed by atoms with Gasteiger partial charge in [0.15, 0.2) is 0 Å². The Morgan fingerprint density at radius 1 is 1.48 bits per heavy atom. The van der Waals surface area contributed by atoms with Crippen molar-refractivity contribution < 1.29 is 22.3 Å². The summed E-state index contributed by atoms with van der Waals surface area (Å²) in [5.74, 6) is -1.75. The monoisotopic (exact) mass is 314 g/mol. The lowest BCUT2D eigenvalue weighted by Crippen LogP contribution is -2.32. The number of nitriles is 1. The van der Waals surface area contributed by atoms with E-state index in [0.717, 1.165) is 18.2 Å².